The molecule has 1 saturated heterocycles. The predicted octanol–water partition coefficient (Wildman–Crippen LogP) is 4.79. The molecule has 0 spiro atoms. The Morgan fingerprint density at radius 1 is 1.03 bits per heavy atom. The first kappa shape index (κ1) is 21.6. The lowest BCUT2D eigenvalue weighted by atomic mass is 9.93. The normalized spacial score (nSPS) is 17.6. The molecule has 1 aromatic heterocycles. The summed E-state index contributed by atoms with van der Waals surface area (Å²) in [4.78, 5) is 30.8. The van der Waals surface area contributed by atoms with Crippen LogP contribution in [-0.4, -0.2) is 40.7 Å². The number of anilines is 1. The molecule has 1 aliphatic rings. The monoisotopic (exact) mass is 435 g/mol. The van der Waals surface area contributed by atoms with Gasteiger partial charge in [0.1, 0.15) is 0 Å². The molecule has 1 aliphatic heterocycles. The number of likely N-dealkylation sites (tertiary alicyclic amines) is 1. The van der Waals surface area contributed by atoms with Crippen molar-refractivity contribution in [1.29, 1.82) is 0 Å². The number of hydrogen-bond acceptors (Lipinski definition) is 3. The lowest BCUT2D eigenvalue weighted by Crippen LogP contribution is -2.52. The Labute approximate surface area is 185 Å². The van der Waals surface area contributed by atoms with Crippen LogP contribution >= 0.6 is 0 Å². The van der Waals surface area contributed by atoms with Gasteiger partial charge < -0.3 is 10.2 Å². The quantitative estimate of drug-likeness (QED) is 0.641. The van der Waals surface area contributed by atoms with E-state index in [1.54, 1.807) is 42.7 Å². The summed E-state index contributed by atoms with van der Waals surface area (Å²) >= 11 is 0. The minimum atomic E-state index is -3.15. The van der Waals surface area contributed by atoms with Crippen molar-refractivity contribution in [3.05, 3.63) is 84.2 Å². The molecule has 0 aliphatic carbocycles. The molecule has 5 nitrogen and oxygen atoms in total. The average molecular weight is 435 g/mol. The zero-order valence-electron chi connectivity index (χ0n) is 17.6. The maximum absolute atomic E-state index is 14.5. The van der Waals surface area contributed by atoms with Crippen molar-refractivity contribution in [2.45, 2.75) is 19.3 Å². The van der Waals surface area contributed by atoms with Crippen LogP contribution in [0.4, 0.5) is 14.5 Å². The summed E-state index contributed by atoms with van der Waals surface area (Å²) in [6, 6.07) is 17.6. The van der Waals surface area contributed by atoms with Gasteiger partial charge in [-0.05, 0) is 54.4 Å². The van der Waals surface area contributed by atoms with E-state index < -0.39 is 36.6 Å². The van der Waals surface area contributed by atoms with Crippen LogP contribution in [0.15, 0.2) is 73.1 Å². The molecular formula is C25H23F2N3O2. The highest BCUT2D eigenvalue weighted by atomic mass is 19.3. The number of aryl methyl sites for hydroxylation is 1. The van der Waals surface area contributed by atoms with Gasteiger partial charge in [-0.15, -0.1) is 0 Å². The third kappa shape index (κ3) is 4.99. The summed E-state index contributed by atoms with van der Waals surface area (Å²) in [5.41, 5.74) is 3.52. The second kappa shape index (κ2) is 8.86. The number of alkyl halides is 2. The van der Waals surface area contributed by atoms with Crippen molar-refractivity contribution in [2.75, 3.05) is 18.4 Å². The summed E-state index contributed by atoms with van der Waals surface area (Å²) in [5.74, 6) is -5.19. The molecule has 1 unspecified atom stereocenters. The minimum absolute atomic E-state index is 0.0639. The number of rotatable bonds is 4. The number of aromatic nitrogens is 1. The zero-order chi connectivity index (χ0) is 22.7. The second-order valence-electron chi connectivity index (χ2n) is 8.11. The highest BCUT2D eigenvalue weighted by molar-refractivity contribution is 5.97. The van der Waals surface area contributed by atoms with Crippen LogP contribution in [0.1, 0.15) is 22.3 Å². The van der Waals surface area contributed by atoms with Gasteiger partial charge in [0.15, 0.2) is 0 Å². The van der Waals surface area contributed by atoms with Gasteiger partial charge >= 0.3 is 0 Å². The fraction of sp³-hybridized carbons (Fsp3) is 0.240. The summed E-state index contributed by atoms with van der Waals surface area (Å²) in [6.45, 7) is 1.14. The van der Waals surface area contributed by atoms with Crippen LogP contribution in [0, 0.1) is 12.8 Å². The number of halogens is 2. The zero-order valence-corrected chi connectivity index (χ0v) is 17.6. The molecule has 0 bridgehead atoms. The summed E-state index contributed by atoms with van der Waals surface area (Å²) in [7, 11) is 0. The van der Waals surface area contributed by atoms with Gasteiger partial charge in [0.2, 0.25) is 5.91 Å². The fourth-order valence-corrected chi connectivity index (χ4v) is 3.87. The molecule has 2 aromatic carbocycles. The molecule has 0 radical (unpaired) electrons. The maximum Gasteiger partial charge on any atom is 0.266 e. The Morgan fingerprint density at radius 2 is 1.75 bits per heavy atom. The first-order chi connectivity index (χ1) is 15.3. The Kier molecular flexibility index (Phi) is 5.99. The summed E-state index contributed by atoms with van der Waals surface area (Å²) in [6.07, 6.45) is 2.70. The minimum Gasteiger partial charge on any atom is -0.332 e. The van der Waals surface area contributed by atoms with E-state index in [0.717, 1.165) is 21.6 Å². The van der Waals surface area contributed by atoms with Crippen molar-refractivity contribution in [3.63, 3.8) is 0 Å². The van der Waals surface area contributed by atoms with Crippen LogP contribution in [0.5, 0.6) is 0 Å². The van der Waals surface area contributed by atoms with Crippen molar-refractivity contribution >= 4 is 17.5 Å². The van der Waals surface area contributed by atoms with Gasteiger partial charge in [-0.3, -0.25) is 14.6 Å². The third-order valence-electron chi connectivity index (χ3n) is 5.51. The molecule has 2 amide bonds. The number of piperidine rings is 1. The highest BCUT2D eigenvalue weighted by Gasteiger charge is 2.44. The van der Waals surface area contributed by atoms with E-state index in [0.29, 0.717) is 11.3 Å². The number of hydrogen-bond donors (Lipinski definition) is 1. The smallest absolute Gasteiger partial charge is 0.266 e. The van der Waals surface area contributed by atoms with Gasteiger partial charge in [0.05, 0.1) is 12.5 Å². The molecule has 7 heteroatoms. The molecule has 2 heterocycles. The lowest BCUT2D eigenvalue weighted by molar-refractivity contribution is -0.130. The van der Waals surface area contributed by atoms with E-state index in [-0.39, 0.29) is 6.54 Å². The topological polar surface area (TPSA) is 62.3 Å². The third-order valence-corrected chi connectivity index (χ3v) is 5.51. The van der Waals surface area contributed by atoms with Gasteiger partial charge in [0.25, 0.3) is 11.8 Å². The number of carbonyl (C=O) groups excluding carboxylic acids is 2. The van der Waals surface area contributed by atoms with Crippen molar-refractivity contribution in [2.24, 2.45) is 5.92 Å². The predicted molar refractivity (Wildman–Crippen MR) is 118 cm³/mol. The maximum atomic E-state index is 14.5. The molecule has 32 heavy (non-hydrogen) atoms. The van der Waals surface area contributed by atoms with Gasteiger partial charge in [-0.25, -0.2) is 8.78 Å². The Morgan fingerprint density at radius 3 is 2.47 bits per heavy atom. The van der Waals surface area contributed by atoms with Crippen LogP contribution < -0.4 is 5.32 Å². The highest BCUT2D eigenvalue weighted by Crippen LogP contribution is 2.32. The van der Waals surface area contributed by atoms with E-state index in [1.807, 2.05) is 37.3 Å². The molecule has 1 atom stereocenters. The van der Waals surface area contributed by atoms with Crippen LogP contribution in [0.25, 0.3) is 11.1 Å². The van der Waals surface area contributed by atoms with Gasteiger partial charge in [-0.2, -0.15) is 0 Å². The average Bonchev–Trinajstić information content (AvgIpc) is 2.79. The number of pyridine rings is 1. The van der Waals surface area contributed by atoms with E-state index >= 15 is 0 Å². The lowest BCUT2D eigenvalue weighted by Gasteiger charge is -2.37. The van der Waals surface area contributed by atoms with Gasteiger partial charge in [-0.1, -0.05) is 29.8 Å². The molecule has 4 rings (SSSR count). The van der Waals surface area contributed by atoms with Gasteiger partial charge in [0, 0.05) is 36.6 Å². The van der Waals surface area contributed by atoms with Crippen molar-refractivity contribution in [1.82, 2.24) is 9.88 Å². The standard InChI is InChI=1S/C25H23F2N3O2/c1-17-5-7-22(8-6-17)29-23(31)21-14-25(26,27)16-30(15-21)24(32)20-4-2-3-19(13-20)18-9-11-28-12-10-18/h2-13,21H,14-16H2,1H3,(H,29,31). The van der Waals surface area contributed by atoms with E-state index in [9.17, 15) is 18.4 Å². The first-order valence-corrected chi connectivity index (χ1v) is 10.4. The van der Waals surface area contributed by atoms with Crippen molar-refractivity contribution < 1.29 is 18.4 Å². The summed E-state index contributed by atoms with van der Waals surface area (Å²) < 4.78 is 29.0. The Hall–Kier alpha value is -3.61. The van der Waals surface area contributed by atoms with E-state index in [4.69, 9.17) is 0 Å². The molecule has 0 saturated carbocycles. The number of amides is 2. The van der Waals surface area contributed by atoms with Crippen molar-refractivity contribution in [3.8, 4) is 11.1 Å². The fourth-order valence-electron chi connectivity index (χ4n) is 3.87. The number of benzene rings is 2. The first-order valence-electron chi connectivity index (χ1n) is 10.4. The Bertz CT molecular complexity index is 1120. The van der Waals surface area contributed by atoms with Crippen LogP contribution in [0.3, 0.4) is 0 Å². The second-order valence-corrected chi connectivity index (χ2v) is 8.11. The molecule has 164 valence electrons. The molecular weight excluding hydrogens is 412 g/mol. The summed E-state index contributed by atoms with van der Waals surface area (Å²) in [5, 5.41) is 2.69. The number of nitrogens with one attached hydrogen (secondary N) is 1. The van der Waals surface area contributed by atoms with E-state index in [1.165, 1.54) is 0 Å². The molecule has 3 aromatic rings. The molecule has 1 N–H and O–H groups in total. The SMILES string of the molecule is Cc1ccc(NC(=O)C2CN(C(=O)c3cccc(-c4ccncc4)c3)CC(F)(F)C2)cc1. The Balaban J connectivity index is 1.52. The van der Waals surface area contributed by atoms with E-state index in [2.05, 4.69) is 10.3 Å². The van der Waals surface area contributed by atoms with Crippen LogP contribution in [-0.2, 0) is 4.79 Å². The number of carbonyl (C=O) groups is 2. The largest absolute Gasteiger partial charge is 0.332 e. The number of nitrogens with zero attached hydrogens (tertiary/aromatic N) is 2. The van der Waals surface area contributed by atoms with Crippen LogP contribution in [0.2, 0.25) is 0 Å². The molecule has 1 fully saturated rings.